The lowest BCUT2D eigenvalue weighted by atomic mass is 10.0. The van der Waals surface area contributed by atoms with Gasteiger partial charge in [0.25, 0.3) is 5.91 Å². The molecule has 106 valence electrons. The van der Waals surface area contributed by atoms with E-state index in [9.17, 15) is 4.79 Å². The van der Waals surface area contributed by atoms with Gasteiger partial charge in [-0.25, -0.2) is 0 Å². The summed E-state index contributed by atoms with van der Waals surface area (Å²) in [5, 5.41) is 6.35. The van der Waals surface area contributed by atoms with Crippen molar-refractivity contribution in [2.24, 2.45) is 5.92 Å². The predicted octanol–water partition coefficient (Wildman–Crippen LogP) is 2.91. The molecule has 0 aliphatic carbocycles. The fourth-order valence-corrected chi connectivity index (χ4v) is 2.67. The van der Waals surface area contributed by atoms with Crippen LogP contribution in [0.25, 0.3) is 0 Å². The van der Waals surface area contributed by atoms with Crippen LogP contribution in [0.4, 0.5) is 0 Å². The SMILES string of the molecule is Cc1c(Br)cccc1C(=O)NCCC1CCNC1.Cl. The molecular weight excluding hydrogens is 328 g/mol. The molecule has 0 radical (unpaired) electrons. The van der Waals surface area contributed by atoms with E-state index in [2.05, 4.69) is 26.6 Å². The third-order valence-corrected chi connectivity index (χ3v) is 4.37. The quantitative estimate of drug-likeness (QED) is 0.879. The van der Waals surface area contributed by atoms with Crippen molar-refractivity contribution in [2.75, 3.05) is 19.6 Å². The first-order valence-electron chi connectivity index (χ1n) is 6.42. The van der Waals surface area contributed by atoms with Crippen LogP contribution < -0.4 is 10.6 Å². The van der Waals surface area contributed by atoms with Crippen molar-refractivity contribution < 1.29 is 4.79 Å². The first-order valence-corrected chi connectivity index (χ1v) is 7.22. The van der Waals surface area contributed by atoms with Crippen LogP contribution in [0, 0.1) is 12.8 Å². The van der Waals surface area contributed by atoms with E-state index in [1.54, 1.807) is 0 Å². The zero-order valence-electron chi connectivity index (χ0n) is 11.0. The minimum absolute atomic E-state index is 0. The molecule has 5 heteroatoms. The summed E-state index contributed by atoms with van der Waals surface area (Å²) in [4.78, 5) is 12.0. The van der Waals surface area contributed by atoms with Crippen molar-refractivity contribution in [1.82, 2.24) is 10.6 Å². The summed E-state index contributed by atoms with van der Waals surface area (Å²) in [6.45, 7) is 4.92. The molecule has 1 atom stereocenters. The molecule has 1 aliphatic rings. The van der Waals surface area contributed by atoms with Crippen LogP contribution in [-0.2, 0) is 0 Å². The Morgan fingerprint density at radius 3 is 3.00 bits per heavy atom. The summed E-state index contributed by atoms with van der Waals surface area (Å²) in [5.74, 6) is 0.744. The lowest BCUT2D eigenvalue weighted by Crippen LogP contribution is -2.27. The maximum Gasteiger partial charge on any atom is 0.251 e. The summed E-state index contributed by atoms with van der Waals surface area (Å²) in [6.07, 6.45) is 2.29. The first-order chi connectivity index (χ1) is 8.68. The fraction of sp³-hybridized carbons (Fsp3) is 0.500. The number of rotatable bonds is 4. The van der Waals surface area contributed by atoms with E-state index in [0.29, 0.717) is 5.92 Å². The lowest BCUT2D eigenvalue weighted by Gasteiger charge is -2.11. The molecule has 0 spiro atoms. The number of carbonyl (C=O) groups is 1. The second-order valence-electron chi connectivity index (χ2n) is 4.82. The number of amides is 1. The van der Waals surface area contributed by atoms with Gasteiger partial charge in [-0.05, 0) is 56.5 Å². The van der Waals surface area contributed by atoms with Gasteiger partial charge in [-0.2, -0.15) is 0 Å². The van der Waals surface area contributed by atoms with Crippen molar-refractivity contribution in [1.29, 1.82) is 0 Å². The van der Waals surface area contributed by atoms with E-state index in [1.807, 2.05) is 25.1 Å². The standard InChI is InChI=1S/C14H19BrN2O.ClH/c1-10-12(3-2-4-13(10)15)14(18)17-8-6-11-5-7-16-9-11;/h2-4,11,16H,5-9H2,1H3,(H,17,18);1H. The highest BCUT2D eigenvalue weighted by atomic mass is 79.9. The van der Waals surface area contributed by atoms with Gasteiger partial charge < -0.3 is 10.6 Å². The number of hydrogen-bond acceptors (Lipinski definition) is 2. The second-order valence-corrected chi connectivity index (χ2v) is 5.67. The van der Waals surface area contributed by atoms with Gasteiger partial charge in [-0.3, -0.25) is 4.79 Å². The van der Waals surface area contributed by atoms with Gasteiger partial charge in [0.15, 0.2) is 0 Å². The molecule has 1 amide bonds. The van der Waals surface area contributed by atoms with Crippen molar-refractivity contribution in [3.05, 3.63) is 33.8 Å². The Balaban J connectivity index is 0.00000180. The normalized spacial score (nSPS) is 17.9. The fourth-order valence-electron chi connectivity index (χ4n) is 2.30. The zero-order chi connectivity index (χ0) is 13.0. The van der Waals surface area contributed by atoms with Gasteiger partial charge in [0.2, 0.25) is 0 Å². The lowest BCUT2D eigenvalue weighted by molar-refractivity contribution is 0.0951. The van der Waals surface area contributed by atoms with Crippen molar-refractivity contribution >= 4 is 34.2 Å². The molecule has 1 aliphatic heterocycles. The molecule has 1 aromatic rings. The average Bonchev–Trinajstić information content (AvgIpc) is 2.85. The number of nitrogens with one attached hydrogen (secondary N) is 2. The minimum Gasteiger partial charge on any atom is -0.352 e. The third kappa shape index (κ3) is 4.48. The molecule has 1 unspecified atom stereocenters. The van der Waals surface area contributed by atoms with E-state index in [1.165, 1.54) is 6.42 Å². The van der Waals surface area contributed by atoms with Crippen LogP contribution in [0.1, 0.15) is 28.8 Å². The Kier molecular flexibility index (Phi) is 6.83. The maximum absolute atomic E-state index is 12.0. The smallest absolute Gasteiger partial charge is 0.251 e. The van der Waals surface area contributed by atoms with E-state index in [4.69, 9.17) is 0 Å². The Morgan fingerprint density at radius 2 is 2.32 bits per heavy atom. The van der Waals surface area contributed by atoms with Crippen LogP contribution in [0.2, 0.25) is 0 Å². The summed E-state index contributed by atoms with van der Waals surface area (Å²) < 4.78 is 0.982. The zero-order valence-corrected chi connectivity index (χ0v) is 13.4. The molecule has 1 aromatic carbocycles. The topological polar surface area (TPSA) is 41.1 Å². The molecule has 19 heavy (non-hydrogen) atoms. The molecule has 1 saturated heterocycles. The van der Waals surface area contributed by atoms with E-state index in [-0.39, 0.29) is 18.3 Å². The number of benzene rings is 1. The molecular formula is C14H20BrClN2O. The molecule has 2 N–H and O–H groups in total. The van der Waals surface area contributed by atoms with Gasteiger partial charge >= 0.3 is 0 Å². The molecule has 1 fully saturated rings. The van der Waals surface area contributed by atoms with Gasteiger partial charge in [-0.15, -0.1) is 12.4 Å². The van der Waals surface area contributed by atoms with Crippen LogP contribution in [0.3, 0.4) is 0 Å². The largest absolute Gasteiger partial charge is 0.352 e. The van der Waals surface area contributed by atoms with Crippen molar-refractivity contribution in [3.8, 4) is 0 Å². The van der Waals surface area contributed by atoms with Crippen LogP contribution in [-0.4, -0.2) is 25.5 Å². The van der Waals surface area contributed by atoms with Crippen LogP contribution >= 0.6 is 28.3 Å². The first kappa shape index (κ1) is 16.5. The average molecular weight is 348 g/mol. The summed E-state index contributed by atoms with van der Waals surface area (Å²) in [5.41, 5.74) is 1.76. The monoisotopic (exact) mass is 346 g/mol. The highest BCUT2D eigenvalue weighted by Gasteiger charge is 2.15. The Bertz CT molecular complexity index is 433. The van der Waals surface area contributed by atoms with Gasteiger partial charge in [0, 0.05) is 16.6 Å². The Hall–Kier alpha value is -0.580. The maximum atomic E-state index is 12.0. The van der Waals surface area contributed by atoms with Crippen LogP contribution in [0.15, 0.2) is 22.7 Å². The molecule has 0 aromatic heterocycles. The van der Waals surface area contributed by atoms with E-state index < -0.39 is 0 Å². The number of carbonyl (C=O) groups excluding carboxylic acids is 1. The van der Waals surface area contributed by atoms with E-state index >= 15 is 0 Å². The molecule has 0 saturated carbocycles. The van der Waals surface area contributed by atoms with Gasteiger partial charge in [0.1, 0.15) is 0 Å². The van der Waals surface area contributed by atoms with Crippen LogP contribution in [0.5, 0.6) is 0 Å². The summed E-state index contributed by atoms with van der Waals surface area (Å²) in [7, 11) is 0. The number of halogens is 2. The highest BCUT2D eigenvalue weighted by molar-refractivity contribution is 9.10. The van der Waals surface area contributed by atoms with Crippen molar-refractivity contribution in [3.63, 3.8) is 0 Å². The highest BCUT2D eigenvalue weighted by Crippen LogP contribution is 2.19. The van der Waals surface area contributed by atoms with Gasteiger partial charge in [-0.1, -0.05) is 22.0 Å². The molecule has 1 heterocycles. The summed E-state index contributed by atoms with van der Waals surface area (Å²) >= 11 is 3.45. The predicted molar refractivity (Wildman–Crippen MR) is 84.1 cm³/mol. The second kappa shape index (κ2) is 7.88. The molecule has 0 bridgehead atoms. The Morgan fingerprint density at radius 1 is 1.53 bits per heavy atom. The third-order valence-electron chi connectivity index (χ3n) is 3.51. The van der Waals surface area contributed by atoms with Gasteiger partial charge in [0.05, 0.1) is 0 Å². The minimum atomic E-state index is 0. The molecule has 2 rings (SSSR count). The summed E-state index contributed by atoms with van der Waals surface area (Å²) in [6, 6.07) is 5.72. The van der Waals surface area contributed by atoms with E-state index in [0.717, 1.165) is 41.7 Å². The molecule has 3 nitrogen and oxygen atoms in total. The Labute approximate surface area is 129 Å². The number of hydrogen-bond donors (Lipinski definition) is 2. The van der Waals surface area contributed by atoms with Crippen molar-refractivity contribution in [2.45, 2.75) is 19.8 Å².